The first-order chi connectivity index (χ1) is 9.49. The van der Waals surface area contributed by atoms with Crippen molar-refractivity contribution in [3.05, 3.63) is 29.6 Å². The zero-order valence-corrected chi connectivity index (χ0v) is 12.9. The molecule has 0 radical (unpaired) electrons. The summed E-state index contributed by atoms with van der Waals surface area (Å²) >= 11 is 0. The summed E-state index contributed by atoms with van der Waals surface area (Å²) in [6.07, 6.45) is 3.79. The number of hydrogen-bond acceptors (Lipinski definition) is 2. The molecule has 1 aromatic rings. The normalized spacial score (nSPS) is 28.1. The molecule has 1 N–H and O–H groups in total. The van der Waals surface area contributed by atoms with Gasteiger partial charge in [-0.25, -0.2) is 4.39 Å². The van der Waals surface area contributed by atoms with Crippen LogP contribution in [-0.4, -0.2) is 13.2 Å². The van der Waals surface area contributed by atoms with Gasteiger partial charge in [0.25, 0.3) is 0 Å². The quantitative estimate of drug-likeness (QED) is 0.886. The third-order valence-corrected chi connectivity index (χ3v) is 4.34. The molecule has 1 saturated carbocycles. The van der Waals surface area contributed by atoms with Crippen LogP contribution in [0, 0.1) is 17.7 Å². The maximum Gasteiger partial charge on any atom is 0.165 e. The molecule has 1 aliphatic rings. The highest BCUT2D eigenvalue weighted by molar-refractivity contribution is 5.32. The van der Waals surface area contributed by atoms with Gasteiger partial charge in [0.15, 0.2) is 11.6 Å². The number of nitrogens with one attached hydrogen (secondary N) is 1. The predicted octanol–water partition coefficient (Wildman–Crippen LogP) is 4.31. The van der Waals surface area contributed by atoms with Gasteiger partial charge in [-0.15, -0.1) is 0 Å². The van der Waals surface area contributed by atoms with E-state index in [4.69, 9.17) is 4.74 Å². The van der Waals surface area contributed by atoms with E-state index in [0.29, 0.717) is 11.8 Å². The molecule has 112 valence electrons. The maximum atomic E-state index is 13.4. The first-order valence-electron chi connectivity index (χ1n) is 7.59. The van der Waals surface area contributed by atoms with Crippen LogP contribution in [0.1, 0.15) is 51.6 Å². The Morgan fingerprint density at radius 1 is 1.20 bits per heavy atom. The molecule has 0 aliphatic heterocycles. The molecular weight excluding hydrogens is 253 g/mol. The topological polar surface area (TPSA) is 21.3 Å². The molecule has 2 rings (SSSR count). The molecular formula is C17H26FNO. The van der Waals surface area contributed by atoms with Crippen LogP contribution < -0.4 is 10.1 Å². The van der Waals surface area contributed by atoms with Crippen molar-refractivity contribution in [2.45, 2.75) is 52.1 Å². The summed E-state index contributed by atoms with van der Waals surface area (Å²) in [7, 11) is 1.50. The Morgan fingerprint density at radius 3 is 2.45 bits per heavy atom. The van der Waals surface area contributed by atoms with Crippen LogP contribution in [-0.2, 0) is 0 Å². The first kappa shape index (κ1) is 15.3. The minimum absolute atomic E-state index is 0.215. The van der Waals surface area contributed by atoms with Gasteiger partial charge in [-0.3, -0.25) is 0 Å². The number of methoxy groups -OCH3 is 1. The minimum atomic E-state index is -0.302. The van der Waals surface area contributed by atoms with Gasteiger partial charge in [0, 0.05) is 12.1 Å². The third-order valence-electron chi connectivity index (χ3n) is 4.34. The van der Waals surface area contributed by atoms with Crippen molar-refractivity contribution in [3.63, 3.8) is 0 Å². The lowest BCUT2D eigenvalue weighted by Gasteiger charge is -2.34. The standard InChI is InChI=1S/C17H26FNO/c1-11-7-12(2)9-15(8-11)19-13(3)14-5-6-16(18)17(10-14)20-4/h5-6,10-13,15,19H,7-9H2,1-4H3. The van der Waals surface area contributed by atoms with E-state index in [-0.39, 0.29) is 11.9 Å². The summed E-state index contributed by atoms with van der Waals surface area (Å²) < 4.78 is 18.5. The summed E-state index contributed by atoms with van der Waals surface area (Å²) in [4.78, 5) is 0. The molecule has 3 unspecified atom stereocenters. The van der Waals surface area contributed by atoms with Gasteiger partial charge in [-0.05, 0) is 55.7 Å². The van der Waals surface area contributed by atoms with Crippen LogP contribution in [0.3, 0.4) is 0 Å². The van der Waals surface area contributed by atoms with Gasteiger partial charge in [0.1, 0.15) is 0 Å². The van der Waals surface area contributed by atoms with E-state index in [9.17, 15) is 4.39 Å². The van der Waals surface area contributed by atoms with Crippen molar-refractivity contribution in [2.24, 2.45) is 11.8 Å². The average molecular weight is 279 g/mol. The number of halogens is 1. The SMILES string of the molecule is COc1cc(C(C)NC2CC(C)CC(C)C2)ccc1F. The Balaban J connectivity index is 2.02. The highest BCUT2D eigenvalue weighted by Gasteiger charge is 2.25. The smallest absolute Gasteiger partial charge is 0.165 e. The first-order valence-corrected chi connectivity index (χ1v) is 7.59. The van der Waals surface area contributed by atoms with E-state index in [2.05, 4.69) is 26.1 Å². The molecule has 1 aliphatic carbocycles. The Labute approximate surface area is 121 Å². The molecule has 3 atom stereocenters. The Hall–Kier alpha value is -1.09. The second-order valence-corrected chi connectivity index (χ2v) is 6.40. The lowest BCUT2D eigenvalue weighted by molar-refractivity contribution is 0.228. The van der Waals surface area contributed by atoms with E-state index in [1.165, 1.54) is 32.4 Å². The van der Waals surface area contributed by atoms with Crippen molar-refractivity contribution in [1.82, 2.24) is 5.32 Å². The largest absolute Gasteiger partial charge is 0.494 e. The van der Waals surface area contributed by atoms with E-state index in [1.54, 1.807) is 6.07 Å². The predicted molar refractivity (Wildman–Crippen MR) is 80.5 cm³/mol. The highest BCUT2D eigenvalue weighted by atomic mass is 19.1. The summed E-state index contributed by atoms with van der Waals surface area (Å²) in [6, 6.07) is 5.89. The summed E-state index contributed by atoms with van der Waals surface area (Å²) in [6.45, 7) is 6.79. The van der Waals surface area contributed by atoms with Gasteiger partial charge >= 0.3 is 0 Å². The fraction of sp³-hybridized carbons (Fsp3) is 0.647. The van der Waals surface area contributed by atoms with Crippen LogP contribution >= 0.6 is 0 Å². The molecule has 0 saturated heterocycles. The van der Waals surface area contributed by atoms with Crippen molar-refractivity contribution in [3.8, 4) is 5.75 Å². The van der Waals surface area contributed by atoms with Gasteiger partial charge in [0.2, 0.25) is 0 Å². The zero-order chi connectivity index (χ0) is 14.7. The van der Waals surface area contributed by atoms with Gasteiger partial charge in [0.05, 0.1) is 7.11 Å². The second-order valence-electron chi connectivity index (χ2n) is 6.40. The van der Waals surface area contributed by atoms with Crippen molar-refractivity contribution >= 4 is 0 Å². The Morgan fingerprint density at radius 2 is 1.85 bits per heavy atom. The van der Waals surface area contributed by atoms with Gasteiger partial charge in [-0.1, -0.05) is 19.9 Å². The van der Waals surface area contributed by atoms with E-state index in [1.807, 2.05) is 6.07 Å². The Kier molecular flexibility index (Phi) is 5.03. The highest BCUT2D eigenvalue weighted by Crippen LogP contribution is 2.30. The molecule has 3 heteroatoms. The molecule has 2 nitrogen and oxygen atoms in total. The van der Waals surface area contributed by atoms with Gasteiger partial charge < -0.3 is 10.1 Å². The number of hydrogen-bond donors (Lipinski definition) is 1. The fourth-order valence-corrected chi connectivity index (χ4v) is 3.48. The van der Waals surface area contributed by atoms with Crippen molar-refractivity contribution in [1.29, 1.82) is 0 Å². The van der Waals surface area contributed by atoms with Gasteiger partial charge in [-0.2, -0.15) is 0 Å². The lowest BCUT2D eigenvalue weighted by Crippen LogP contribution is -2.37. The van der Waals surface area contributed by atoms with Crippen LogP contribution in [0.25, 0.3) is 0 Å². The summed E-state index contributed by atoms with van der Waals surface area (Å²) in [5, 5.41) is 3.69. The monoisotopic (exact) mass is 279 g/mol. The summed E-state index contributed by atoms with van der Waals surface area (Å²) in [5.74, 6) is 1.59. The summed E-state index contributed by atoms with van der Waals surface area (Å²) in [5.41, 5.74) is 1.08. The van der Waals surface area contributed by atoms with Crippen molar-refractivity contribution < 1.29 is 9.13 Å². The molecule has 0 heterocycles. The van der Waals surface area contributed by atoms with E-state index < -0.39 is 0 Å². The van der Waals surface area contributed by atoms with Crippen LogP contribution in [0.4, 0.5) is 4.39 Å². The molecule has 0 amide bonds. The third kappa shape index (κ3) is 3.72. The van der Waals surface area contributed by atoms with E-state index in [0.717, 1.165) is 17.4 Å². The van der Waals surface area contributed by atoms with Crippen LogP contribution in [0.2, 0.25) is 0 Å². The van der Waals surface area contributed by atoms with Crippen LogP contribution in [0.15, 0.2) is 18.2 Å². The number of benzene rings is 1. The van der Waals surface area contributed by atoms with Crippen molar-refractivity contribution in [2.75, 3.05) is 7.11 Å². The number of rotatable bonds is 4. The molecule has 1 aromatic carbocycles. The number of ether oxygens (including phenoxy) is 1. The molecule has 0 spiro atoms. The molecule has 20 heavy (non-hydrogen) atoms. The molecule has 1 fully saturated rings. The Bertz CT molecular complexity index is 439. The second kappa shape index (κ2) is 6.57. The maximum absolute atomic E-state index is 13.4. The molecule has 0 bridgehead atoms. The zero-order valence-electron chi connectivity index (χ0n) is 12.9. The van der Waals surface area contributed by atoms with Crippen LogP contribution in [0.5, 0.6) is 5.75 Å². The van der Waals surface area contributed by atoms with E-state index >= 15 is 0 Å². The minimum Gasteiger partial charge on any atom is -0.494 e. The average Bonchev–Trinajstić information content (AvgIpc) is 2.37. The lowest BCUT2D eigenvalue weighted by atomic mass is 9.80. The fourth-order valence-electron chi connectivity index (χ4n) is 3.48. The molecule has 0 aromatic heterocycles.